The third-order valence-electron chi connectivity index (χ3n) is 8.70. The Labute approximate surface area is 288 Å². The van der Waals surface area contributed by atoms with Crippen molar-refractivity contribution in [2.75, 3.05) is 45.3 Å². The van der Waals surface area contributed by atoms with Crippen molar-refractivity contribution < 1.29 is 22.7 Å². The molecule has 0 bridgehead atoms. The molecule has 2 heterocycles. The van der Waals surface area contributed by atoms with Crippen molar-refractivity contribution >= 4 is 39.2 Å². The molecule has 252 valence electrons. The number of piperidine rings is 1. The van der Waals surface area contributed by atoms with E-state index in [0.29, 0.717) is 13.2 Å². The molecule has 0 spiro atoms. The number of nitrogens with one attached hydrogen (secondary N) is 1. The number of thioether (sulfide) groups is 1. The van der Waals surface area contributed by atoms with E-state index in [2.05, 4.69) is 10.2 Å². The summed E-state index contributed by atoms with van der Waals surface area (Å²) < 4.78 is 32.0. The molecule has 2 aliphatic heterocycles. The van der Waals surface area contributed by atoms with E-state index in [9.17, 15) is 18.0 Å². The van der Waals surface area contributed by atoms with Gasteiger partial charge in [0.1, 0.15) is 5.25 Å². The first-order chi connectivity index (χ1) is 23.1. The number of sulfonamides is 1. The van der Waals surface area contributed by atoms with Crippen molar-refractivity contribution in [2.45, 2.75) is 47.8 Å². The van der Waals surface area contributed by atoms with Gasteiger partial charge >= 0.3 is 0 Å². The van der Waals surface area contributed by atoms with Gasteiger partial charge in [-0.2, -0.15) is 0 Å². The van der Waals surface area contributed by atoms with Crippen molar-refractivity contribution in [1.29, 1.82) is 0 Å². The number of hydrogen-bond acceptors (Lipinski definition) is 7. The van der Waals surface area contributed by atoms with Crippen LogP contribution in [0.5, 0.6) is 0 Å². The largest absolute Gasteiger partial charge is 0.378 e. The van der Waals surface area contributed by atoms with E-state index in [0.717, 1.165) is 51.5 Å². The summed E-state index contributed by atoms with van der Waals surface area (Å²) in [4.78, 5) is 31.2. The second-order valence-electron chi connectivity index (χ2n) is 11.8. The summed E-state index contributed by atoms with van der Waals surface area (Å²) in [5.74, 6) is -0.469. The zero-order chi connectivity index (χ0) is 34.5. The summed E-state index contributed by atoms with van der Waals surface area (Å²) in [5, 5.41) is 2.44. The summed E-state index contributed by atoms with van der Waals surface area (Å²) >= 11 is 1.29. The summed E-state index contributed by atoms with van der Waals surface area (Å²) in [6.45, 7) is 8.92. The maximum absolute atomic E-state index is 14.0. The van der Waals surface area contributed by atoms with Crippen LogP contribution in [0.2, 0.25) is 0 Å². The number of carbonyl (C=O) groups is 2. The fourth-order valence-electron chi connectivity index (χ4n) is 6.04. The fourth-order valence-corrected chi connectivity index (χ4v) is 7.99. The number of nitrogens with zero attached hydrogens (tertiary/aromatic N) is 2. The van der Waals surface area contributed by atoms with Crippen LogP contribution in [0.1, 0.15) is 37.0 Å². The first kappa shape index (κ1) is 35.3. The molecule has 6 rings (SSSR count). The Morgan fingerprint density at radius 3 is 2.12 bits per heavy atom. The topological polar surface area (TPSA) is 96.0 Å². The normalized spacial score (nSPS) is 19.8. The van der Waals surface area contributed by atoms with Crippen LogP contribution in [-0.2, 0) is 29.9 Å². The summed E-state index contributed by atoms with van der Waals surface area (Å²) in [6, 6.07) is 30.4. The molecular weight excluding hydrogens is 643 g/mol. The molecule has 4 aromatic carbocycles. The second kappa shape index (κ2) is 15.1. The van der Waals surface area contributed by atoms with Crippen LogP contribution in [0.15, 0.2) is 107 Å². The second-order valence-corrected chi connectivity index (χ2v) is 15.1. The minimum atomic E-state index is -3.57. The van der Waals surface area contributed by atoms with Crippen LogP contribution in [0.25, 0.3) is 11.1 Å². The van der Waals surface area contributed by atoms with Crippen LogP contribution >= 0.6 is 11.8 Å². The number of rotatable bonds is 8. The number of Topliss-reactive ketones (excluding diaryl/α,β-unsaturated/α-hetero) is 1. The Morgan fingerprint density at radius 1 is 0.833 bits per heavy atom. The van der Waals surface area contributed by atoms with Gasteiger partial charge in [0.15, 0.2) is 5.78 Å². The van der Waals surface area contributed by atoms with Gasteiger partial charge in [-0.05, 0) is 71.1 Å². The van der Waals surface area contributed by atoms with E-state index in [1.54, 1.807) is 24.3 Å². The summed E-state index contributed by atoms with van der Waals surface area (Å²) in [7, 11) is -0.559. The molecule has 1 amide bonds. The van der Waals surface area contributed by atoms with Crippen molar-refractivity contribution in [1.82, 2.24) is 9.62 Å². The average molecular weight is 686 g/mol. The van der Waals surface area contributed by atoms with Gasteiger partial charge in [-0.25, -0.2) is 12.7 Å². The minimum Gasteiger partial charge on any atom is -0.378 e. The first-order valence-corrected chi connectivity index (χ1v) is 18.5. The third kappa shape index (κ3) is 7.22. The summed E-state index contributed by atoms with van der Waals surface area (Å²) in [5.41, 5.74) is 4.23. The van der Waals surface area contributed by atoms with Crippen molar-refractivity contribution in [3.8, 4) is 11.1 Å². The van der Waals surface area contributed by atoms with Crippen LogP contribution < -0.4 is 10.2 Å². The van der Waals surface area contributed by atoms with E-state index < -0.39 is 20.8 Å². The van der Waals surface area contributed by atoms with Gasteiger partial charge in [0.05, 0.1) is 23.6 Å². The standard InChI is InChI=1S/C36H37N3O5S2.C2H6/c1-25-7-4-5-10-33(25)45-34-32(40)24-36(37-35(34)41,28-13-15-30(16-14-28)39-19-21-44-22-20-39)29-9-6-8-27(23-29)26-11-17-31(18-12-26)46(42,43)38(2)3;1-2/h4-18,23,34H,19-22,24H2,1-3H3,(H,37,41);1-2H3. The van der Waals surface area contributed by atoms with Gasteiger partial charge in [0, 0.05) is 44.2 Å². The molecule has 4 aromatic rings. The molecule has 2 aliphatic rings. The molecule has 0 radical (unpaired) electrons. The molecule has 10 heteroatoms. The monoisotopic (exact) mass is 685 g/mol. The predicted molar refractivity (Wildman–Crippen MR) is 193 cm³/mol. The zero-order valence-electron chi connectivity index (χ0n) is 28.1. The van der Waals surface area contributed by atoms with E-state index in [-0.39, 0.29) is 23.0 Å². The number of ketones is 1. The SMILES string of the molecule is CC.Cc1ccccc1SC1C(=O)CC(c2ccc(N3CCOCC3)cc2)(c2cccc(-c3ccc(S(=O)(=O)N(C)C)cc3)c2)NC1=O. The lowest BCUT2D eigenvalue weighted by molar-refractivity contribution is -0.132. The van der Waals surface area contributed by atoms with Crippen molar-refractivity contribution in [3.05, 3.63) is 114 Å². The molecule has 48 heavy (non-hydrogen) atoms. The number of anilines is 1. The molecule has 0 saturated carbocycles. The number of morpholine rings is 1. The molecule has 1 N–H and O–H groups in total. The van der Waals surface area contributed by atoms with Gasteiger partial charge in [0.25, 0.3) is 0 Å². The highest BCUT2D eigenvalue weighted by Gasteiger charge is 2.47. The number of aryl methyl sites for hydroxylation is 1. The van der Waals surface area contributed by atoms with Gasteiger partial charge in [-0.3, -0.25) is 9.59 Å². The lowest BCUT2D eigenvalue weighted by Crippen LogP contribution is -2.58. The van der Waals surface area contributed by atoms with Gasteiger partial charge in [0.2, 0.25) is 15.9 Å². The highest BCUT2D eigenvalue weighted by atomic mass is 32.2. The van der Waals surface area contributed by atoms with Crippen LogP contribution in [0.4, 0.5) is 5.69 Å². The Kier molecular flexibility index (Phi) is 11.1. The molecular formula is C38H43N3O5S2. The smallest absolute Gasteiger partial charge is 0.242 e. The fraction of sp³-hybridized carbons (Fsp3) is 0.316. The van der Waals surface area contributed by atoms with E-state index in [1.165, 1.54) is 30.2 Å². The number of benzene rings is 4. The van der Waals surface area contributed by atoms with E-state index >= 15 is 0 Å². The highest BCUT2D eigenvalue weighted by molar-refractivity contribution is 8.01. The maximum Gasteiger partial charge on any atom is 0.242 e. The van der Waals surface area contributed by atoms with E-state index in [4.69, 9.17) is 4.74 Å². The quantitative estimate of drug-likeness (QED) is 0.219. The van der Waals surface area contributed by atoms with Crippen LogP contribution in [0, 0.1) is 6.92 Å². The average Bonchev–Trinajstić information content (AvgIpc) is 3.12. The maximum atomic E-state index is 14.0. The van der Waals surface area contributed by atoms with Crippen molar-refractivity contribution in [3.63, 3.8) is 0 Å². The lowest BCUT2D eigenvalue weighted by atomic mass is 9.75. The Morgan fingerprint density at radius 2 is 1.50 bits per heavy atom. The van der Waals surface area contributed by atoms with E-state index in [1.807, 2.05) is 93.6 Å². The molecule has 2 atom stereocenters. The molecule has 2 fully saturated rings. The molecule has 2 unspecified atom stereocenters. The summed E-state index contributed by atoms with van der Waals surface area (Å²) in [6.07, 6.45) is 0.0860. The zero-order valence-corrected chi connectivity index (χ0v) is 29.7. The Hall–Kier alpha value is -3.96. The Bertz CT molecular complexity index is 1830. The number of hydrogen-bond donors (Lipinski definition) is 1. The molecule has 0 aliphatic carbocycles. The highest BCUT2D eigenvalue weighted by Crippen LogP contribution is 2.42. The third-order valence-corrected chi connectivity index (χ3v) is 12.0. The van der Waals surface area contributed by atoms with Crippen LogP contribution in [0.3, 0.4) is 0 Å². The van der Waals surface area contributed by atoms with Gasteiger partial charge < -0.3 is 15.0 Å². The number of carbonyl (C=O) groups excluding carboxylic acids is 2. The molecule has 8 nitrogen and oxygen atoms in total. The van der Waals surface area contributed by atoms with Gasteiger partial charge in [-0.15, -0.1) is 11.8 Å². The van der Waals surface area contributed by atoms with Crippen LogP contribution in [-0.4, -0.2) is 70.1 Å². The first-order valence-electron chi connectivity index (χ1n) is 16.2. The number of ether oxygens (including phenoxy) is 1. The van der Waals surface area contributed by atoms with Crippen molar-refractivity contribution in [2.24, 2.45) is 0 Å². The molecule has 0 aromatic heterocycles. The minimum absolute atomic E-state index is 0.0860. The Balaban J connectivity index is 0.00000221. The predicted octanol–water partition coefficient (Wildman–Crippen LogP) is 6.27. The van der Waals surface area contributed by atoms with Gasteiger partial charge in [-0.1, -0.05) is 74.5 Å². The molecule has 2 saturated heterocycles. The number of amides is 1. The lowest BCUT2D eigenvalue weighted by Gasteiger charge is -2.41.